The molecule has 0 saturated heterocycles. The van der Waals surface area contributed by atoms with Crippen LogP contribution in [0.4, 0.5) is 0 Å². The molecule has 1 unspecified atom stereocenters. The average Bonchev–Trinajstić information content (AvgIpc) is 2.91. The summed E-state index contributed by atoms with van der Waals surface area (Å²) in [6.07, 6.45) is 0. The van der Waals surface area contributed by atoms with Crippen molar-refractivity contribution in [3.8, 4) is 5.75 Å². The van der Waals surface area contributed by atoms with E-state index < -0.39 is 0 Å². The first-order valence-corrected chi connectivity index (χ1v) is 6.51. The third kappa shape index (κ3) is 2.26. The van der Waals surface area contributed by atoms with Crippen molar-refractivity contribution in [1.82, 2.24) is 4.98 Å². The normalized spacial score (nSPS) is 12.5. The molecule has 4 nitrogen and oxygen atoms in total. The van der Waals surface area contributed by atoms with Gasteiger partial charge in [0, 0.05) is 12.6 Å². The van der Waals surface area contributed by atoms with Gasteiger partial charge >= 0.3 is 0 Å². The Morgan fingerprint density at radius 1 is 1.20 bits per heavy atom. The highest BCUT2D eigenvalue weighted by molar-refractivity contribution is 5.74. The zero-order valence-electron chi connectivity index (χ0n) is 11.2. The fourth-order valence-corrected chi connectivity index (χ4v) is 2.27. The van der Waals surface area contributed by atoms with E-state index in [-0.39, 0.29) is 5.92 Å². The SMILES string of the molecule is COc1ccc2oc(C(CN)c3ccccc3)nc2c1. The quantitative estimate of drug-likeness (QED) is 0.790. The topological polar surface area (TPSA) is 61.3 Å². The smallest absolute Gasteiger partial charge is 0.204 e. The number of hydrogen-bond acceptors (Lipinski definition) is 4. The maximum absolute atomic E-state index is 5.89. The van der Waals surface area contributed by atoms with Crippen LogP contribution >= 0.6 is 0 Å². The molecule has 2 aromatic carbocycles. The zero-order valence-corrected chi connectivity index (χ0v) is 11.2. The Morgan fingerprint density at radius 3 is 2.70 bits per heavy atom. The van der Waals surface area contributed by atoms with Gasteiger partial charge in [-0.25, -0.2) is 4.98 Å². The van der Waals surface area contributed by atoms with Crippen LogP contribution in [0.3, 0.4) is 0 Å². The number of oxazole rings is 1. The van der Waals surface area contributed by atoms with Crippen LogP contribution in [0.15, 0.2) is 52.9 Å². The number of benzene rings is 2. The molecule has 0 bridgehead atoms. The van der Waals surface area contributed by atoms with Crippen LogP contribution in [-0.2, 0) is 0 Å². The van der Waals surface area contributed by atoms with E-state index in [4.69, 9.17) is 14.9 Å². The Kier molecular flexibility index (Phi) is 3.39. The first kappa shape index (κ1) is 12.7. The highest BCUT2D eigenvalue weighted by Crippen LogP contribution is 2.28. The van der Waals surface area contributed by atoms with Gasteiger partial charge in [-0.3, -0.25) is 0 Å². The lowest BCUT2D eigenvalue weighted by molar-refractivity contribution is 0.415. The molecule has 4 heteroatoms. The van der Waals surface area contributed by atoms with Crippen LogP contribution in [0.25, 0.3) is 11.1 Å². The maximum atomic E-state index is 5.89. The van der Waals surface area contributed by atoms with Gasteiger partial charge < -0.3 is 14.9 Å². The largest absolute Gasteiger partial charge is 0.497 e. The van der Waals surface area contributed by atoms with E-state index in [9.17, 15) is 0 Å². The molecule has 0 saturated carbocycles. The third-order valence-electron chi connectivity index (χ3n) is 3.35. The lowest BCUT2D eigenvalue weighted by atomic mass is 9.99. The second-order valence-corrected chi connectivity index (χ2v) is 4.58. The lowest BCUT2D eigenvalue weighted by Crippen LogP contribution is -2.14. The van der Waals surface area contributed by atoms with E-state index in [1.165, 1.54) is 0 Å². The van der Waals surface area contributed by atoms with Crippen molar-refractivity contribution in [2.24, 2.45) is 5.73 Å². The molecule has 3 aromatic rings. The minimum absolute atomic E-state index is 0.0328. The van der Waals surface area contributed by atoms with E-state index in [1.807, 2.05) is 48.5 Å². The Labute approximate surface area is 117 Å². The van der Waals surface area contributed by atoms with E-state index in [0.29, 0.717) is 12.4 Å². The molecular weight excluding hydrogens is 252 g/mol. The minimum Gasteiger partial charge on any atom is -0.497 e. The Bertz CT molecular complexity index is 707. The van der Waals surface area contributed by atoms with Crippen molar-refractivity contribution < 1.29 is 9.15 Å². The third-order valence-corrected chi connectivity index (χ3v) is 3.35. The molecule has 3 rings (SSSR count). The molecular formula is C16H16N2O2. The molecule has 2 N–H and O–H groups in total. The summed E-state index contributed by atoms with van der Waals surface area (Å²) in [6, 6.07) is 15.6. The van der Waals surface area contributed by atoms with Gasteiger partial charge in [-0.05, 0) is 17.7 Å². The highest BCUT2D eigenvalue weighted by Gasteiger charge is 2.18. The minimum atomic E-state index is -0.0328. The standard InChI is InChI=1S/C16H16N2O2/c1-19-12-7-8-15-14(9-12)18-16(20-15)13(10-17)11-5-3-2-4-6-11/h2-9,13H,10,17H2,1H3. The monoisotopic (exact) mass is 268 g/mol. The molecule has 1 aromatic heterocycles. The van der Waals surface area contributed by atoms with Crippen molar-refractivity contribution in [3.05, 3.63) is 60.0 Å². The van der Waals surface area contributed by atoms with Crippen LogP contribution < -0.4 is 10.5 Å². The van der Waals surface area contributed by atoms with Gasteiger partial charge in [0.05, 0.1) is 13.0 Å². The number of aromatic nitrogens is 1. The van der Waals surface area contributed by atoms with Crippen molar-refractivity contribution in [2.75, 3.05) is 13.7 Å². The molecule has 0 aliphatic rings. The Balaban J connectivity index is 2.04. The number of rotatable bonds is 4. The summed E-state index contributed by atoms with van der Waals surface area (Å²) >= 11 is 0. The highest BCUT2D eigenvalue weighted by atomic mass is 16.5. The zero-order chi connectivity index (χ0) is 13.9. The van der Waals surface area contributed by atoms with Gasteiger partial charge in [0.1, 0.15) is 11.3 Å². The van der Waals surface area contributed by atoms with Crippen LogP contribution in [-0.4, -0.2) is 18.6 Å². The van der Waals surface area contributed by atoms with E-state index in [0.717, 1.165) is 22.4 Å². The van der Waals surface area contributed by atoms with E-state index in [2.05, 4.69) is 4.98 Å². The van der Waals surface area contributed by atoms with Gasteiger partial charge in [0.15, 0.2) is 5.58 Å². The molecule has 0 spiro atoms. The molecule has 1 atom stereocenters. The Hall–Kier alpha value is -2.33. The molecule has 1 heterocycles. The van der Waals surface area contributed by atoms with Crippen molar-refractivity contribution in [1.29, 1.82) is 0 Å². The molecule has 20 heavy (non-hydrogen) atoms. The van der Waals surface area contributed by atoms with Crippen molar-refractivity contribution >= 4 is 11.1 Å². The fourth-order valence-electron chi connectivity index (χ4n) is 2.27. The predicted octanol–water partition coefficient (Wildman–Crippen LogP) is 2.93. The van der Waals surface area contributed by atoms with Crippen LogP contribution in [0.1, 0.15) is 17.4 Å². The van der Waals surface area contributed by atoms with Crippen molar-refractivity contribution in [3.63, 3.8) is 0 Å². The second kappa shape index (κ2) is 5.35. The second-order valence-electron chi connectivity index (χ2n) is 4.58. The number of nitrogens with zero attached hydrogens (tertiary/aromatic N) is 1. The first-order chi connectivity index (χ1) is 9.81. The van der Waals surface area contributed by atoms with Gasteiger partial charge in [-0.15, -0.1) is 0 Å². The predicted molar refractivity (Wildman–Crippen MR) is 77.9 cm³/mol. The van der Waals surface area contributed by atoms with Crippen LogP contribution in [0.5, 0.6) is 5.75 Å². The number of ether oxygens (including phenoxy) is 1. The van der Waals surface area contributed by atoms with Gasteiger partial charge in [0.2, 0.25) is 5.89 Å². The fraction of sp³-hybridized carbons (Fsp3) is 0.188. The molecule has 0 aliphatic heterocycles. The summed E-state index contributed by atoms with van der Waals surface area (Å²) in [6.45, 7) is 0.452. The number of fused-ring (bicyclic) bond motifs is 1. The summed E-state index contributed by atoms with van der Waals surface area (Å²) in [7, 11) is 1.63. The van der Waals surface area contributed by atoms with E-state index >= 15 is 0 Å². The maximum Gasteiger partial charge on any atom is 0.204 e. The van der Waals surface area contributed by atoms with Crippen LogP contribution in [0, 0.1) is 0 Å². The molecule has 102 valence electrons. The number of hydrogen-bond donors (Lipinski definition) is 1. The molecule has 0 aliphatic carbocycles. The summed E-state index contributed by atoms with van der Waals surface area (Å²) in [5.74, 6) is 1.37. The Morgan fingerprint density at radius 2 is 2.00 bits per heavy atom. The molecule has 0 amide bonds. The molecule has 0 radical (unpaired) electrons. The van der Waals surface area contributed by atoms with Crippen LogP contribution in [0.2, 0.25) is 0 Å². The lowest BCUT2D eigenvalue weighted by Gasteiger charge is -2.10. The average molecular weight is 268 g/mol. The van der Waals surface area contributed by atoms with Gasteiger partial charge in [0.25, 0.3) is 0 Å². The molecule has 0 fully saturated rings. The van der Waals surface area contributed by atoms with E-state index in [1.54, 1.807) is 7.11 Å². The number of methoxy groups -OCH3 is 1. The summed E-state index contributed by atoms with van der Waals surface area (Å²) < 4.78 is 11.0. The summed E-state index contributed by atoms with van der Waals surface area (Å²) in [4.78, 5) is 4.54. The first-order valence-electron chi connectivity index (χ1n) is 6.51. The van der Waals surface area contributed by atoms with Gasteiger partial charge in [-0.1, -0.05) is 30.3 Å². The van der Waals surface area contributed by atoms with Gasteiger partial charge in [-0.2, -0.15) is 0 Å². The summed E-state index contributed by atoms with van der Waals surface area (Å²) in [5.41, 5.74) is 8.53. The van der Waals surface area contributed by atoms with Crippen molar-refractivity contribution in [2.45, 2.75) is 5.92 Å². The summed E-state index contributed by atoms with van der Waals surface area (Å²) in [5, 5.41) is 0. The number of nitrogens with two attached hydrogens (primary N) is 1.